The fourth-order valence-electron chi connectivity index (χ4n) is 2.05. The van der Waals surface area contributed by atoms with Gasteiger partial charge in [-0.1, -0.05) is 13.0 Å². The molecule has 0 spiro atoms. The summed E-state index contributed by atoms with van der Waals surface area (Å²) >= 11 is 1.76. The average molecular weight is 269 g/mol. The minimum absolute atomic E-state index is 0.194. The molecular weight excluding hydrogens is 249 g/mol. The van der Waals surface area contributed by atoms with Crippen molar-refractivity contribution in [3.63, 3.8) is 0 Å². The van der Waals surface area contributed by atoms with Crippen molar-refractivity contribution in [2.45, 2.75) is 26.3 Å². The van der Waals surface area contributed by atoms with Crippen LogP contribution in [0.2, 0.25) is 0 Å². The monoisotopic (exact) mass is 269 g/mol. The quantitative estimate of drug-likeness (QED) is 0.736. The van der Waals surface area contributed by atoms with Gasteiger partial charge in [0.25, 0.3) is 0 Å². The first-order valence-corrected chi connectivity index (χ1v) is 7.43. The lowest BCUT2D eigenvalue weighted by Gasteiger charge is -2.30. The number of hydrogen-bond donors (Lipinski definition) is 0. The summed E-state index contributed by atoms with van der Waals surface area (Å²) in [5.74, 6) is 0.292. The van der Waals surface area contributed by atoms with E-state index in [9.17, 15) is 9.18 Å². The van der Waals surface area contributed by atoms with Gasteiger partial charge in [0, 0.05) is 18.8 Å². The van der Waals surface area contributed by atoms with Crippen LogP contribution in [0.4, 0.5) is 10.1 Å². The summed E-state index contributed by atoms with van der Waals surface area (Å²) in [6.07, 6.45) is 3.01. The Morgan fingerprint density at radius 3 is 2.67 bits per heavy atom. The zero-order valence-corrected chi connectivity index (χ0v) is 12.2. The number of carbonyl (C=O) groups is 1. The highest BCUT2D eigenvalue weighted by Gasteiger charge is 2.20. The highest BCUT2D eigenvalue weighted by Crippen LogP contribution is 2.26. The van der Waals surface area contributed by atoms with Gasteiger partial charge in [-0.2, -0.15) is 11.8 Å². The molecule has 0 saturated heterocycles. The number of Topliss-reactive ketones (excluding diaryl/α,β-unsaturated/α-hetero) is 1. The van der Waals surface area contributed by atoms with Crippen molar-refractivity contribution >= 4 is 23.2 Å². The molecule has 0 aliphatic carbocycles. The molecule has 0 aliphatic rings. The zero-order valence-electron chi connectivity index (χ0n) is 11.4. The smallest absolute Gasteiger partial charge is 0.164 e. The molecule has 0 aromatic heterocycles. The first kappa shape index (κ1) is 15.0. The minimum atomic E-state index is -0.439. The lowest BCUT2D eigenvalue weighted by Crippen LogP contribution is -2.34. The Balaban J connectivity index is 3.15. The van der Waals surface area contributed by atoms with Crippen LogP contribution in [0.25, 0.3) is 0 Å². The second-order valence-electron chi connectivity index (χ2n) is 4.32. The SMILES string of the molecule is CCC(CSC)N(C)c1cccc(F)c1C(C)=O. The van der Waals surface area contributed by atoms with Crippen LogP contribution in [0.15, 0.2) is 18.2 Å². The molecule has 1 rings (SSSR count). The fourth-order valence-corrected chi connectivity index (χ4v) is 2.89. The Morgan fingerprint density at radius 1 is 1.50 bits per heavy atom. The summed E-state index contributed by atoms with van der Waals surface area (Å²) in [7, 11) is 1.92. The van der Waals surface area contributed by atoms with Crippen molar-refractivity contribution in [3.05, 3.63) is 29.6 Å². The van der Waals surface area contributed by atoms with Crippen LogP contribution < -0.4 is 4.90 Å². The van der Waals surface area contributed by atoms with Gasteiger partial charge in [-0.25, -0.2) is 4.39 Å². The number of carbonyl (C=O) groups excluding carboxylic acids is 1. The molecule has 0 bridgehead atoms. The van der Waals surface area contributed by atoms with Crippen molar-refractivity contribution in [2.75, 3.05) is 24.0 Å². The molecule has 1 unspecified atom stereocenters. The predicted molar refractivity (Wildman–Crippen MR) is 77.3 cm³/mol. The van der Waals surface area contributed by atoms with Gasteiger partial charge < -0.3 is 4.90 Å². The van der Waals surface area contributed by atoms with E-state index in [4.69, 9.17) is 0 Å². The molecular formula is C14H20FNOS. The number of nitrogens with zero attached hydrogens (tertiary/aromatic N) is 1. The van der Waals surface area contributed by atoms with Crippen LogP contribution in [-0.4, -0.2) is 30.9 Å². The van der Waals surface area contributed by atoms with Gasteiger partial charge in [0.05, 0.1) is 11.3 Å². The average Bonchev–Trinajstić information content (AvgIpc) is 2.34. The maximum absolute atomic E-state index is 13.8. The standard InChI is InChI=1S/C14H20FNOS/c1-5-11(9-18-4)16(3)13-8-6-7-12(15)14(13)10(2)17/h6-8,11H,5,9H2,1-4H3. The van der Waals surface area contributed by atoms with Crippen molar-refractivity contribution in [3.8, 4) is 0 Å². The summed E-state index contributed by atoms with van der Waals surface area (Å²) in [4.78, 5) is 13.6. The van der Waals surface area contributed by atoms with Crippen molar-refractivity contribution in [2.24, 2.45) is 0 Å². The molecule has 2 nitrogen and oxygen atoms in total. The molecule has 0 amide bonds. The van der Waals surface area contributed by atoms with Gasteiger partial charge >= 0.3 is 0 Å². The third-order valence-electron chi connectivity index (χ3n) is 3.10. The number of halogens is 1. The predicted octanol–water partition coefficient (Wildman–Crippen LogP) is 3.61. The van der Waals surface area contributed by atoms with Crippen LogP contribution in [0.5, 0.6) is 0 Å². The van der Waals surface area contributed by atoms with Gasteiger partial charge in [0.15, 0.2) is 5.78 Å². The molecule has 0 heterocycles. The van der Waals surface area contributed by atoms with Crippen molar-refractivity contribution in [1.29, 1.82) is 0 Å². The highest BCUT2D eigenvalue weighted by molar-refractivity contribution is 7.98. The van der Waals surface area contributed by atoms with E-state index in [0.29, 0.717) is 11.7 Å². The molecule has 1 atom stereocenters. The summed E-state index contributed by atoms with van der Waals surface area (Å²) in [6, 6.07) is 5.10. The Bertz CT molecular complexity index is 422. The number of thioether (sulfide) groups is 1. The van der Waals surface area contributed by atoms with Crippen LogP contribution in [0, 0.1) is 5.82 Å². The Morgan fingerprint density at radius 2 is 2.17 bits per heavy atom. The van der Waals surface area contributed by atoms with Gasteiger partial charge in [-0.3, -0.25) is 4.79 Å². The molecule has 0 radical (unpaired) electrons. The number of benzene rings is 1. The number of hydrogen-bond acceptors (Lipinski definition) is 3. The van der Waals surface area contributed by atoms with E-state index in [1.54, 1.807) is 17.8 Å². The lowest BCUT2D eigenvalue weighted by molar-refractivity contribution is 0.101. The fraction of sp³-hybridized carbons (Fsp3) is 0.500. The zero-order chi connectivity index (χ0) is 13.7. The third-order valence-corrected chi connectivity index (χ3v) is 3.82. The van der Waals surface area contributed by atoms with Crippen LogP contribution >= 0.6 is 11.8 Å². The molecule has 100 valence electrons. The van der Waals surface area contributed by atoms with Gasteiger partial charge in [0.1, 0.15) is 5.82 Å². The molecule has 1 aromatic carbocycles. The summed E-state index contributed by atoms with van der Waals surface area (Å²) < 4.78 is 13.8. The van der Waals surface area contributed by atoms with Crippen molar-refractivity contribution in [1.82, 2.24) is 0 Å². The number of ketones is 1. The Hall–Kier alpha value is -1.03. The topological polar surface area (TPSA) is 20.3 Å². The Labute approximate surface area is 113 Å². The third kappa shape index (κ3) is 3.25. The summed E-state index contributed by atoms with van der Waals surface area (Å²) in [5, 5.41) is 0. The Kier molecular flexibility index (Phi) is 5.66. The largest absolute Gasteiger partial charge is 0.370 e. The van der Waals surface area contributed by atoms with E-state index in [1.165, 1.54) is 13.0 Å². The van der Waals surface area contributed by atoms with E-state index in [2.05, 4.69) is 6.92 Å². The second-order valence-corrected chi connectivity index (χ2v) is 5.23. The molecule has 0 N–H and O–H groups in total. The molecule has 4 heteroatoms. The van der Waals surface area contributed by atoms with E-state index < -0.39 is 5.82 Å². The van der Waals surface area contributed by atoms with E-state index >= 15 is 0 Å². The summed E-state index contributed by atoms with van der Waals surface area (Å²) in [6.45, 7) is 3.51. The number of anilines is 1. The maximum atomic E-state index is 13.8. The highest BCUT2D eigenvalue weighted by atomic mass is 32.2. The normalized spacial score (nSPS) is 12.3. The van der Waals surface area contributed by atoms with Crippen molar-refractivity contribution < 1.29 is 9.18 Å². The number of rotatable bonds is 6. The van der Waals surface area contributed by atoms with Crippen LogP contribution in [0.3, 0.4) is 0 Å². The van der Waals surface area contributed by atoms with Crippen LogP contribution in [0.1, 0.15) is 30.6 Å². The molecule has 0 fully saturated rings. The first-order valence-electron chi connectivity index (χ1n) is 6.04. The molecule has 0 saturated carbocycles. The first-order chi connectivity index (χ1) is 8.52. The molecule has 18 heavy (non-hydrogen) atoms. The van der Waals surface area contributed by atoms with E-state index in [1.807, 2.05) is 24.3 Å². The summed E-state index contributed by atoms with van der Waals surface area (Å²) in [5.41, 5.74) is 0.878. The van der Waals surface area contributed by atoms with Gasteiger partial charge in [-0.05, 0) is 31.7 Å². The maximum Gasteiger partial charge on any atom is 0.164 e. The molecule has 0 aliphatic heterocycles. The van der Waals surface area contributed by atoms with Gasteiger partial charge in [0.2, 0.25) is 0 Å². The lowest BCUT2D eigenvalue weighted by atomic mass is 10.1. The minimum Gasteiger partial charge on any atom is -0.370 e. The van der Waals surface area contributed by atoms with E-state index in [-0.39, 0.29) is 11.3 Å². The van der Waals surface area contributed by atoms with Gasteiger partial charge in [-0.15, -0.1) is 0 Å². The molecule has 1 aromatic rings. The second kappa shape index (κ2) is 6.78. The van der Waals surface area contributed by atoms with Crippen LogP contribution in [-0.2, 0) is 0 Å². The van der Waals surface area contributed by atoms with E-state index in [0.717, 1.165) is 12.2 Å².